The van der Waals surface area contributed by atoms with Gasteiger partial charge in [-0.3, -0.25) is 30.6 Å². The first-order chi connectivity index (χ1) is 17.0. The van der Waals surface area contributed by atoms with Crippen molar-refractivity contribution in [2.45, 2.75) is 33.7 Å². The Hall–Kier alpha value is -3.79. The number of nitrogens with one attached hydrogen (secondary N) is 3. The number of rotatable bonds is 9. The number of methoxy groups -OCH3 is 2. The van der Waals surface area contributed by atoms with Crippen LogP contribution < -0.4 is 20.9 Å². The maximum absolute atomic E-state index is 12.9. The number of carbonyl (C=O) groups is 3. The third kappa shape index (κ3) is 6.06. The number of nitro groups is 1. The van der Waals surface area contributed by atoms with Crippen molar-refractivity contribution in [2.75, 3.05) is 32.6 Å². The Balaban J connectivity index is 2.16. The minimum Gasteiger partial charge on any atom is -0.475 e. The molecule has 0 aliphatic rings. The van der Waals surface area contributed by atoms with Gasteiger partial charge in [0.15, 0.2) is 5.11 Å². The van der Waals surface area contributed by atoms with Crippen LogP contribution in [0.25, 0.3) is 0 Å². The Bertz CT molecular complexity index is 1170. The van der Waals surface area contributed by atoms with E-state index in [2.05, 4.69) is 21.3 Å². The van der Waals surface area contributed by atoms with E-state index in [1.54, 1.807) is 11.8 Å². The van der Waals surface area contributed by atoms with Gasteiger partial charge in [0.1, 0.15) is 17.2 Å². The van der Waals surface area contributed by atoms with Crippen LogP contribution in [0.1, 0.15) is 52.4 Å². The van der Waals surface area contributed by atoms with Crippen molar-refractivity contribution in [2.24, 2.45) is 0 Å². The fourth-order valence-electron chi connectivity index (χ4n) is 3.12. The summed E-state index contributed by atoms with van der Waals surface area (Å²) in [7, 11) is 2.45. The molecule has 2 heterocycles. The van der Waals surface area contributed by atoms with E-state index in [1.807, 2.05) is 13.8 Å². The second-order valence-corrected chi connectivity index (χ2v) is 8.66. The molecule has 0 saturated carbocycles. The number of carbonyl (C=O) groups excluding carboxylic acids is 3. The van der Waals surface area contributed by atoms with Crippen molar-refractivity contribution < 1.29 is 28.8 Å². The molecule has 1 unspecified atom stereocenters. The van der Waals surface area contributed by atoms with E-state index >= 15 is 0 Å². The Kier molecular flexibility index (Phi) is 9.68. The van der Waals surface area contributed by atoms with Crippen LogP contribution in [-0.4, -0.2) is 69.8 Å². The fraction of sp³-hybridized carbons (Fsp3) is 0.450. The largest absolute Gasteiger partial charge is 0.475 e. The molecule has 1 atom stereocenters. The standard InChI is InChI=1S/C20H27N7O7S2/c1-7-25(8-2)18(29)14-10(3)13(19(30)34-6)17(36-14)21-20(35)23-22-15(28)11(4)26-9-12(27(31)32)16(24-26)33-5/h9,11H,7-8H2,1-6H3,(H,22,28)(H2,21,23,35). The number of amides is 2. The molecule has 0 spiro atoms. The van der Waals surface area contributed by atoms with Crippen molar-refractivity contribution in [3.05, 3.63) is 32.3 Å². The molecule has 196 valence electrons. The van der Waals surface area contributed by atoms with Gasteiger partial charge in [-0.15, -0.1) is 16.4 Å². The zero-order valence-corrected chi connectivity index (χ0v) is 22.2. The number of nitrogens with zero attached hydrogens (tertiary/aromatic N) is 4. The monoisotopic (exact) mass is 541 g/mol. The van der Waals surface area contributed by atoms with E-state index in [4.69, 9.17) is 21.7 Å². The molecular formula is C20H27N7O7S2. The van der Waals surface area contributed by atoms with E-state index in [9.17, 15) is 24.5 Å². The van der Waals surface area contributed by atoms with Crippen LogP contribution in [0.15, 0.2) is 6.20 Å². The molecule has 0 fully saturated rings. The molecule has 0 aliphatic carbocycles. The summed E-state index contributed by atoms with van der Waals surface area (Å²) in [6, 6.07) is -0.962. The number of hydrazine groups is 1. The Morgan fingerprint density at radius 1 is 1.28 bits per heavy atom. The van der Waals surface area contributed by atoms with E-state index < -0.39 is 22.8 Å². The minimum atomic E-state index is -0.962. The molecule has 3 N–H and O–H groups in total. The summed E-state index contributed by atoms with van der Waals surface area (Å²) in [4.78, 5) is 50.2. The lowest BCUT2D eigenvalue weighted by Crippen LogP contribution is -2.46. The summed E-state index contributed by atoms with van der Waals surface area (Å²) in [5.74, 6) is -1.74. The predicted molar refractivity (Wildman–Crippen MR) is 135 cm³/mol. The van der Waals surface area contributed by atoms with E-state index in [0.717, 1.165) is 22.2 Å². The molecular weight excluding hydrogens is 514 g/mol. The molecule has 14 nitrogen and oxygen atoms in total. The van der Waals surface area contributed by atoms with Crippen LogP contribution in [0.3, 0.4) is 0 Å². The van der Waals surface area contributed by atoms with Gasteiger partial charge >= 0.3 is 17.5 Å². The first-order valence-corrected chi connectivity index (χ1v) is 11.9. The van der Waals surface area contributed by atoms with E-state index in [1.165, 1.54) is 21.1 Å². The van der Waals surface area contributed by atoms with Crippen LogP contribution >= 0.6 is 23.6 Å². The molecule has 0 bridgehead atoms. The van der Waals surface area contributed by atoms with Crippen LogP contribution in [0.2, 0.25) is 0 Å². The molecule has 16 heteroatoms. The normalized spacial score (nSPS) is 11.3. The van der Waals surface area contributed by atoms with Crippen molar-refractivity contribution >= 4 is 57.1 Å². The van der Waals surface area contributed by atoms with Crippen LogP contribution in [0, 0.1) is 17.0 Å². The topological polar surface area (TPSA) is 170 Å². The predicted octanol–water partition coefficient (Wildman–Crippen LogP) is 2.02. The van der Waals surface area contributed by atoms with Crippen molar-refractivity contribution in [3.8, 4) is 5.88 Å². The summed E-state index contributed by atoms with van der Waals surface area (Å²) < 4.78 is 10.8. The van der Waals surface area contributed by atoms with Crippen molar-refractivity contribution in [3.63, 3.8) is 0 Å². The number of esters is 1. The zero-order chi connectivity index (χ0) is 27.2. The quantitative estimate of drug-likeness (QED) is 0.184. The second-order valence-electron chi connectivity index (χ2n) is 7.23. The smallest absolute Gasteiger partial charge is 0.350 e. The van der Waals surface area contributed by atoms with Gasteiger partial charge in [0.25, 0.3) is 11.8 Å². The van der Waals surface area contributed by atoms with Gasteiger partial charge in [-0.2, -0.15) is 0 Å². The first-order valence-electron chi connectivity index (χ1n) is 10.7. The van der Waals surface area contributed by atoms with Crippen LogP contribution in [0.4, 0.5) is 10.7 Å². The molecule has 0 saturated heterocycles. The molecule has 2 aromatic heterocycles. The maximum atomic E-state index is 12.9. The molecule has 0 aliphatic heterocycles. The van der Waals surface area contributed by atoms with Crippen LogP contribution in [0.5, 0.6) is 5.88 Å². The van der Waals surface area contributed by atoms with E-state index in [0.29, 0.717) is 23.5 Å². The first kappa shape index (κ1) is 28.4. The van der Waals surface area contributed by atoms with Gasteiger partial charge in [-0.1, -0.05) is 0 Å². The molecule has 2 rings (SSSR count). The number of thiocarbonyl (C=S) groups is 1. The van der Waals surface area contributed by atoms with Gasteiger partial charge in [0.2, 0.25) is 0 Å². The highest BCUT2D eigenvalue weighted by atomic mass is 32.1. The van der Waals surface area contributed by atoms with Gasteiger partial charge in [-0.05, 0) is 45.5 Å². The highest BCUT2D eigenvalue weighted by molar-refractivity contribution is 7.80. The number of ether oxygens (including phenoxy) is 2. The summed E-state index contributed by atoms with van der Waals surface area (Å²) in [6.45, 7) is 7.81. The average Bonchev–Trinajstić information content (AvgIpc) is 3.43. The minimum absolute atomic E-state index is 0.0761. The highest BCUT2D eigenvalue weighted by Gasteiger charge is 2.28. The van der Waals surface area contributed by atoms with Crippen molar-refractivity contribution in [1.29, 1.82) is 0 Å². The van der Waals surface area contributed by atoms with Gasteiger partial charge in [0, 0.05) is 13.1 Å². The number of anilines is 1. The SMILES string of the molecule is CCN(CC)C(=O)c1sc(NC(=S)NNC(=O)C(C)n2cc([N+](=O)[O-])c(OC)n2)c(C(=O)OC)c1C. The van der Waals surface area contributed by atoms with Crippen LogP contribution in [-0.2, 0) is 9.53 Å². The summed E-state index contributed by atoms with van der Waals surface area (Å²) in [5, 5.41) is 18.0. The average molecular weight is 542 g/mol. The van der Waals surface area contributed by atoms with E-state index in [-0.39, 0.29) is 33.2 Å². The third-order valence-electron chi connectivity index (χ3n) is 5.15. The number of hydrogen-bond donors (Lipinski definition) is 3. The lowest BCUT2D eigenvalue weighted by atomic mass is 10.1. The van der Waals surface area contributed by atoms with Crippen molar-refractivity contribution in [1.82, 2.24) is 25.5 Å². The molecule has 36 heavy (non-hydrogen) atoms. The van der Waals surface area contributed by atoms with Gasteiger partial charge in [-0.25, -0.2) is 9.48 Å². The Labute approximate surface area is 216 Å². The lowest BCUT2D eigenvalue weighted by Gasteiger charge is -2.18. The van der Waals surface area contributed by atoms with Gasteiger partial charge < -0.3 is 19.7 Å². The molecule has 0 radical (unpaired) electrons. The summed E-state index contributed by atoms with van der Waals surface area (Å²) in [6.07, 6.45) is 1.07. The maximum Gasteiger partial charge on any atom is 0.350 e. The number of hydrogen-bond acceptors (Lipinski definition) is 10. The lowest BCUT2D eigenvalue weighted by molar-refractivity contribution is -0.385. The Morgan fingerprint density at radius 2 is 1.92 bits per heavy atom. The Morgan fingerprint density at radius 3 is 2.42 bits per heavy atom. The molecule has 0 aromatic carbocycles. The summed E-state index contributed by atoms with van der Waals surface area (Å²) in [5.41, 5.74) is 5.08. The highest BCUT2D eigenvalue weighted by Crippen LogP contribution is 2.34. The second kappa shape index (κ2) is 12.3. The third-order valence-corrected chi connectivity index (χ3v) is 6.55. The molecule has 2 amide bonds. The van der Waals surface area contributed by atoms with Gasteiger partial charge in [0.05, 0.1) is 29.6 Å². The number of thiophene rings is 1. The summed E-state index contributed by atoms with van der Waals surface area (Å²) >= 11 is 6.26. The zero-order valence-electron chi connectivity index (χ0n) is 20.5. The number of aromatic nitrogens is 2. The fourth-order valence-corrected chi connectivity index (χ4v) is 4.50. The molecule has 2 aromatic rings.